The molecule has 0 aliphatic rings. The fourth-order valence-electron chi connectivity index (χ4n) is 3.34. The van der Waals surface area contributed by atoms with Gasteiger partial charge in [-0.15, -0.1) is 0 Å². The molecule has 4 rings (SSSR count). The number of methoxy groups -OCH3 is 2. The first-order valence-corrected chi connectivity index (χ1v) is 10.4. The van der Waals surface area contributed by atoms with Gasteiger partial charge in [-0.1, -0.05) is 48.2 Å². The SMILES string of the molecule is COc1ccc(OC)c(-c2nn(-c3ccccc3)cc2C(=O)NCC#Cc2ccccc2)c1. The highest BCUT2D eigenvalue weighted by molar-refractivity contribution is 6.00. The van der Waals surface area contributed by atoms with Gasteiger partial charge in [0.05, 0.1) is 32.0 Å². The van der Waals surface area contributed by atoms with Crippen molar-refractivity contribution < 1.29 is 14.3 Å². The fraction of sp³-hybridized carbons (Fsp3) is 0.111. The molecule has 6 heteroatoms. The summed E-state index contributed by atoms with van der Waals surface area (Å²) in [4.78, 5) is 13.1. The summed E-state index contributed by atoms with van der Waals surface area (Å²) < 4.78 is 12.6. The van der Waals surface area contributed by atoms with Gasteiger partial charge < -0.3 is 14.8 Å². The summed E-state index contributed by atoms with van der Waals surface area (Å²) in [6.45, 7) is 0.207. The van der Waals surface area contributed by atoms with Crippen LogP contribution in [0.25, 0.3) is 16.9 Å². The highest BCUT2D eigenvalue weighted by Gasteiger charge is 2.21. The number of nitrogens with one attached hydrogen (secondary N) is 1. The first-order valence-electron chi connectivity index (χ1n) is 10.4. The predicted octanol–water partition coefficient (Wildman–Crippen LogP) is 4.34. The maximum atomic E-state index is 13.1. The molecular weight excluding hydrogens is 414 g/mol. The third-order valence-corrected chi connectivity index (χ3v) is 4.99. The van der Waals surface area contributed by atoms with Gasteiger partial charge in [-0.05, 0) is 42.5 Å². The Hall–Kier alpha value is -4.50. The molecule has 0 spiro atoms. The van der Waals surface area contributed by atoms with Gasteiger partial charge in [0.25, 0.3) is 5.91 Å². The highest BCUT2D eigenvalue weighted by atomic mass is 16.5. The monoisotopic (exact) mass is 437 g/mol. The number of rotatable bonds is 6. The zero-order valence-corrected chi connectivity index (χ0v) is 18.4. The molecule has 6 nitrogen and oxygen atoms in total. The third kappa shape index (κ3) is 5.05. The zero-order chi connectivity index (χ0) is 23.0. The first kappa shape index (κ1) is 21.7. The van der Waals surface area contributed by atoms with Gasteiger partial charge in [-0.2, -0.15) is 5.10 Å². The van der Waals surface area contributed by atoms with Crippen molar-refractivity contribution in [3.63, 3.8) is 0 Å². The van der Waals surface area contributed by atoms with E-state index < -0.39 is 0 Å². The summed E-state index contributed by atoms with van der Waals surface area (Å²) in [6, 6.07) is 24.6. The average molecular weight is 437 g/mol. The molecular formula is C27H23N3O3. The van der Waals surface area contributed by atoms with Crippen molar-refractivity contribution >= 4 is 5.91 Å². The topological polar surface area (TPSA) is 65.4 Å². The van der Waals surface area contributed by atoms with Crippen LogP contribution in [-0.2, 0) is 0 Å². The second kappa shape index (κ2) is 10.2. The minimum atomic E-state index is -0.278. The number of amides is 1. The van der Waals surface area contributed by atoms with Crippen LogP contribution >= 0.6 is 0 Å². The summed E-state index contributed by atoms with van der Waals surface area (Å²) >= 11 is 0. The number of benzene rings is 3. The van der Waals surface area contributed by atoms with E-state index in [1.165, 1.54) is 0 Å². The van der Waals surface area contributed by atoms with Crippen LogP contribution in [0.3, 0.4) is 0 Å². The van der Waals surface area contributed by atoms with E-state index in [9.17, 15) is 4.79 Å². The van der Waals surface area contributed by atoms with Gasteiger partial charge in [0.15, 0.2) is 0 Å². The van der Waals surface area contributed by atoms with E-state index in [0.29, 0.717) is 28.3 Å². The predicted molar refractivity (Wildman–Crippen MR) is 128 cm³/mol. The summed E-state index contributed by atoms with van der Waals surface area (Å²) in [6.07, 6.45) is 1.71. The van der Waals surface area contributed by atoms with Crippen LogP contribution in [0.2, 0.25) is 0 Å². The van der Waals surface area contributed by atoms with Crippen LogP contribution in [0, 0.1) is 11.8 Å². The Morgan fingerprint density at radius 1 is 0.970 bits per heavy atom. The van der Waals surface area contributed by atoms with Gasteiger partial charge in [0, 0.05) is 17.3 Å². The Bertz CT molecular complexity index is 1300. The summed E-state index contributed by atoms with van der Waals surface area (Å²) in [5, 5.41) is 7.59. The molecule has 0 saturated heterocycles. The van der Waals surface area contributed by atoms with E-state index in [2.05, 4.69) is 17.2 Å². The smallest absolute Gasteiger partial charge is 0.255 e. The second-order valence-electron chi connectivity index (χ2n) is 7.09. The van der Waals surface area contributed by atoms with Crippen molar-refractivity contribution in [2.24, 2.45) is 0 Å². The first-order chi connectivity index (χ1) is 16.2. The maximum absolute atomic E-state index is 13.1. The lowest BCUT2D eigenvalue weighted by molar-refractivity contribution is 0.0959. The molecule has 4 aromatic rings. The zero-order valence-electron chi connectivity index (χ0n) is 18.4. The molecule has 1 N–H and O–H groups in total. The van der Waals surface area contributed by atoms with Crippen LogP contribution in [0.15, 0.2) is 85.1 Å². The van der Waals surface area contributed by atoms with Crippen LogP contribution < -0.4 is 14.8 Å². The number of para-hydroxylation sites is 1. The molecule has 0 bridgehead atoms. The highest BCUT2D eigenvalue weighted by Crippen LogP contribution is 2.35. The Balaban J connectivity index is 1.69. The third-order valence-electron chi connectivity index (χ3n) is 4.99. The van der Waals surface area contributed by atoms with Gasteiger partial charge in [-0.3, -0.25) is 4.79 Å². The largest absolute Gasteiger partial charge is 0.497 e. The van der Waals surface area contributed by atoms with Crippen molar-refractivity contribution in [3.05, 3.63) is 96.2 Å². The number of hydrogen-bond donors (Lipinski definition) is 1. The Morgan fingerprint density at radius 3 is 2.39 bits per heavy atom. The van der Waals surface area contributed by atoms with Gasteiger partial charge in [-0.25, -0.2) is 4.68 Å². The molecule has 1 aromatic heterocycles. The van der Waals surface area contributed by atoms with Gasteiger partial charge in [0.2, 0.25) is 0 Å². The number of nitrogens with zero attached hydrogens (tertiary/aromatic N) is 2. The lowest BCUT2D eigenvalue weighted by Gasteiger charge is -2.10. The van der Waals surface area contributed by atoms with E-state index in [1.54, 1.807) is 37.2 Å². The van der Waals surface area contributed by atoms with Gasteiger partial charge >= 0.3 is 0 Å². The number of ether oxygens (including phenoxy) is 2. The summed E-state index contributed by atoms with van der Waals surface area (Å²) in [7, 11) is 3.17. The van der Waals surface area contributed by atoms with E-state index >= 15 is 0 Å². The lowest BCUT2D eigenvalue weighted by Crippen LogP contribution is -2.23. The quantitative estimate of drug-likeness (QED) is 0.456. The average Bonchev–Trinajstić information content (AvgIpc) is 3.33. The summed E-state index contributed by atoms with van der Waals surface area (Å²) in [5.41, 5.74) is 3.29. The molecule has 0 aliphatic heterocycles. The van der Waals surface area contributed by atoms with Crippen LogP contribution in [0.4, 0.5) is 0 Å². The molecule has 33 heavy (non-hydrogen) atoms. The van der Waals surface area contributed by atoms with Crippen molar-refractivity contribution in [2.75, 3.05) is 20.8 Å². The van der Waals surface area contributed by atoms with Crippen LogP contribution in [0.1, 0.15) is 15.9 Å². The molecule has 0 radical (unpaired) electrons. The molecule has 1 amide bonds. The molecule has 164 valence electrons. The maximum Gasteiger partial charge on any atom is 0.255 e. The molecule has 0 saturated carbocycles. The number of carbonyl (C=O) groups excluding carboxylic acids is 1. The molecule has 0 unspecified atom stereocenters. The molecule has 1 heterocycles. The standard InChI is InChI=1S/C27H23N3O3/c1-32-22-15-16-25(33-2)23(18-22)26-24(19-30(29-26)21-13-7-4-8-14-21)27(31)28-17-9-12-20-10-5-3-6-11-20/h3-8,10-11,13-16,18-19H,17H2,1-2H3,(H,28,31). The molecule has 0 aliphatic carbocycles. The van der Waals surface area contributed by atoms with E-state index in [4.69, 9.17) is 14.6 Å². The molecule has 3 aromatic carbocycles. The Morgan fingerprint density at radius 2 is 1.70 bits per heavy atom. The van der Waals surface area contributed by atoms with Crippen molar-refractivity contribution in [2.45, 2.75) is 0 Å². The van der Waals surface area contributed by atoms with Crippen molar-refractivity contribution in [3.8, 4) is 40.3 Å². The second-order valence-corrected chi connectivity index (χ2v) is 7.09. The normalized spacial score (nSPS) is 10.1. The number of hydrogen-bond acceptors (Lipinski definition) is 4. The van der Waals surface area contributed by atoms with E-state index in [-0.39, 0.29) is 12.5 Å². The summed E-state index contributed by atoms with van der Waals surface area (Å²) in [5.74, 6) is 6.98. The fourth-order valence-corrected chi connectivity index (χ4v) is 3.34. The van der Waals surface area contributed by atoms with E-state index in [1.807, 2.05) is 66.7 Å². The Labute approximate surface area is 192 Å². The molecule has 0 atom stereocenters. The minimum Gasteiger partial charge on any atom is -0.497 e. The molecule has 0 fully saturated rings. The van der Waals surface area contributed by atoms with Crippen molar-refractivity contribution in [1.29, 1.82) is 0 Å². The number of aromatic nitrogens is 2. The lowest BCUT2D eigenvalue weighted by atomic mass is 10.1. The Kier molecular flexibility index (Phi) is 6.72. The minimum absolute atomic E-state index is 0.207. The van der Waals surface area contributed by atoms with Crippen LogP contribution in [-0.4, -0.2) is 36.5 Å². The van der Waals surface area contributed by atoms with E-state index in [0.717, 1.165) is 11.3 Å². The van der Waals surface area contributed by atoms with Crippen molar-refractivity contribution in [1.82, 2.24) is 15.1 Å². The van der Waals surface area contributed by atoms with Gasteiger partial charge in [0.1, 0.15) is 17.2 Å². The number of carbonyl (C=O) groups is 1. The van der Waals surface area contributed by atoms with Crippen LogP contribution in [0.5, 0.6) is 11.5 Å².